The Morgan fingerprint density at radius 3 is 2.91 bits per heavy atom. The van der Waals surface area contributed by atoms with Crippen LogP contribution in [0.1, 0.15) is 12.5 Å². The predicted molar refractivity (Wildman–Crippen MR) is 89.5 cm³/mol. The zero-order chi connectivity index (χ0) is 16.9. The summed E-state index contributed by atoms with van der Waals surface area (Å²) in [4.78, 5) is 16.1. The van der Waals surface area contributed by atoms with Crippen LogP contribution in [0.2, 0.25) is 5.02 Å². The Balaban J connectivity index is 2.40. The summed E-state index contributed by atoms with van der Waals surface area (Å²) >= 11 is 10.8. The Hall–Kier alpha value is -2.03. The fourth-order valence-electron chi connectivity index (χ4n) is 2.25. The molecule has 0 saturated heterocycles. The number of rotatable bonds is 7. The Morgan fingerprint density at radius 1 is 1.57 bits per heavy atom. The first-order valence-electron chi connectivity index (χ1n) is 6.78. The van der Waals surface area contributed by atoms with E-state index in [1.807, 2.05) is 0 Å². The Labute approximate surface area is 143 Å². The molecule has 2 aromatic rings. The van der Waals surface area contributed by atoms with Crippen LogP contribution in [0, 0.1) is 5.92 Å². The molecule has 7 nitrogen and oxygen atoms in total. The molecule has 1 aromatic carbocycles. The summed E-state index contributed by atoms with van der Waals surface area (Å²) in [7, 11) is 0. The van der Waals surface area contributed by atoms with E-state index >= 15 is 0 Å². The van der Waals surface area contributed by atoms with Gasteiger partial charge in [0, 0.05) is 10.6 Å². The van der Waals surface area contributed by atoms with Crippen molar-refractivity contribution in [3.05, 3.63) is 47.5 Å². The lowest BCUT2D eigenvalue weighted by Gasteiger charge is -2.34. The number of nitrogens with zero attached hydrogens (tertiary/aromatic N) is 3. The molecule has 0 aliphatic rings. The molecule has 1 aromatic heterocycles. The van der Waals surface area contributed by atoms with Gasteiger partial charge in [-0.25, -0.2) is 9.67 Å². The van der Waals surface area contributed by atoms with Crippen molar-refractivity contribution in [2.24, 2.45) is 5.92 Å². The van der Waals surface area contributed by atoms with E-state index in [4.69, 9.17) is 11.6 Å². The zero-order valence-corrected chi connectivity index (χ0v) is 13.9. The standard InChI is InChI=1S/C14H16ClN5O2S/c1-10(13(21)19-17-9-23)14(22,6-20-8-16-7-18-20)11-4-2-3-5-12(11)15/h2-5,7-10,22H,6H2,1H3,(H,17,23)(H,19,21). The molecule has 2 rings (SSSR count). The third-order valence-corrected chi connectivity index (χ3v) is 4.02. The molecule has 0 saturated carbocycles. The van der Waals surface area contributed by atoms with Crippen molar-refractivity contribution < 1.29 is 9.90 Å². The van der Waals surface area contributed by atoms with Crippen molar-refractivity contribution in [1.82, 2.24) is 25.6 Å². The van der Waals surface area contributed by atoms with Gasteiger partial charge < -0.3 is 5.11 Å². The maximum absolute atomic E-state index is 12.3. The SMILES string of the molecule is CC(C(=O)NNC=S)C(O)(Cn1cncn1)c1ccccc1Cl. The van der Waals surface area contributed by atoms with Gasteiger partial charge in [0.1, 0.15) is 18.3 Å². The van der Waals surface area contributed by atoms with Crippen LogP contribution in [0.4, 0.5) is 0 Å². The maximum Gasteiger partial charge on any atom is 0.244 e. The second kappa shape index (κ2) is 7.49. The molecule has 0 aliphatic heterocycles. The average molecular weight is 354 g/mol. The normalized spacial score (nSPS) is 14.6. The topological polar surface area (TPSA) is 92.1 Å². The number of thiocarbonyl (C=S) groups is 1. The van der Waals surface area contributed by atoms with Crippen molar-refractivity contribution in [1.29, 1.82) is 0 Å². The quantitative estimate of drug-likeness (QED) is 0.508. The minimum absolute atomic E-state index is 0.0168. The molecule has 1 heterocycles. The fourth-order valence-corrected chi connectivity index (χ4v) is 2.61. The molecule has 122 valence electrons. The summed E-state index contributed by atoms with van der Waals surface area (Å²) in [6, 6.07) is 6.83. The number of hydrazine groups is 1. The van der Waals surface area contributed by atoms with Crippen molar-refractivity contribution in [3.63, 3.8) is 0 Å². The highest BCUT2D eigenvalue weighted by molar-refractivity contribution is 7.78. The number of nitrogens with one attached hydrogen (secondary N) is 2. The molecule has 2 unspecified atom stereocenters. The summed E-state index contributed by atoms with van der Waals surface area (Å²) in [6.07, 6.45) is 2.81. The van der Waals surface area contributed by atoms with Crippen molar-refractivity contribution in [2.45, 2.75) is 19.1 Å². The van der Waals surface area contributed by atoms with Crippen molar-refractivity contribution >= 4 is 35.2 Å². The van der Waals surface area contributed by atoms with E-state index in [2.05, 4.69) is 33.2 Å². The number of amides is 1. The van der Waals surface area contributed by atoms with Gasteiger partial charge in [-0.15, -0.1) is 0 Å². The predicted octanol–water partition coefficient (Wildman–Crippen LogP) is 1.03. The number of aliphatic hydroxyl groups is 1. The maximum atomic E-state index is 12.3. The van der Waals surface area contributed by atoms with Crippen LogP contribution < -0.4 is 10.9 Å². The van der Waals surface area contributed by atoms with Crippen LogP contribution in [0.5, 0.6) is 0 Å². The van der Waals surface area contributed by atoms with E-state index in [-0.39, 0.29) is 6.54 Å². The van der Waals surface area contributed by atoms with Crippen LogP contribution >= 0.6 is 23.8 Å². The minimum atomic E-state index is -1.58. The molecular weight excluding hydrogens is 338 g/mol. The lowest BCUT2D eigenvalue weighted by atomic mass is 9.81. The number of benzene rings is 1. The third kappa shape index (κ3) is 3.84. The Kier molecular flexibility index (Phi) is 5.64. The Bertz CT molecular complexity index is 682. The van der Waals surface area contributed by atoms with E-state index < -0.39 is 17.4 Å². The summed E-state index contributed by atoms with van der Waals surface area (Å²) in [5.74, 6) is -1.28. The highest BCUT2D eigenvalue weighted by Crippen LogP contribution is 2.36. The Morgan fingerprint density at radius 2 is 2.30 bits per heavy atom. The molecule has 0 bridgehead atoms. The van der Waals surface area contributed by atoms with Gasteiger partial charge >= 0.3 is 0 Å². The van der Waals surface area contributed by atoms with Gasteiger partial charge in [0.25, 0.3) is 0 Å². The van der Waals surface area contributed by atoms with E-state index in [9.17, 15) is 9.90 Å². The van der Waals surface area contributed by atoms with Gasteiger partial charge in [-0.2, -0.15) is 5.10 Å². The molecule has 0 aliphatic carbocycles. The van der Waals surface area contributed by atoms with Crippen LogP contribution in [-0.2, 0) is 16.9 Å². The van der Waals surface area contributed by atoms with Crippen LogP contribution in [-0.4, -0.2) is 31.3 Å². The van der Waals surface area contributed by atoms with Gasteiger partial charge in [0.05, 0.1) is 18.0 Å². The molecule has 0 radical (unpaired) electrons. The minimum Gasteiger partial charge on any atom is -0.382 e. The van der Waals surface area contributed by atoms with E-state index in [1.165, 1.54) is 17.3 Å². The second-order valence-corrected chi connectivity index (χ2v) is 5.61. The van der Waals surface area contributed by atoms with E-state index in [1.54, 1.807) is 31.2 Å². The number of carbonyl (C=O) groups excluding carboxylic acids is 1. The smallest absolute Gasteiger partial charge is 0.244 e. The number of aromatic nitrogens is 3. The second-order valence-electron chi connectivity index (χ2n) is 4.97. The first-order valence-corrected chi connectivity index (χ1v) is 7.63. The largest absolute Gasteiger partial charge is 0.382 e. The highest BCUT2D eigenvalue weighted by atomic mass is 35.5. The van der Waals surface area contributed by atoms with Crippen LogP contribution in [0.25, 0.3) is 0 Å². The average Bonchev–Trinajstić information content (AvgIpc) is 3.04. The lowest BCUT2D eigenvalue weighted by Crippen LogP contribution is -2.49. The number of hydrogen-bond acceptors (Lipinski definition) is 5. The first-order chi connectivity index (χ1) is 11.0. The fraction of sp³-hybridized carbons (Fsp3) is 0.286. The van der Waals surface area contributed by atoms with Gasteiger partial charge in [0.2, 0.25) is 5.91 Å². The number of halogens is 1. The summed E-state index contributed by atoms with van der Waals surface area (Å²) in [5, 5.41) is 15.6. The van der Waals surface area contributed by atoms with Crippen LogP contribution in [0.3, 0.4) is 0 Å². The van der Waals surface area contributed by atoms with Gasteiger partial charge in [-0.3, -0.25) is 15.6 Å². The van der Waals surface area contributed by atoms with Crippen molar-refractivity contribution in [3.8, 4) is 0 Å². The molecule has 9 heteroatoms. The molecule has 1 amide bonds. The molecule has 2 atom stereocenters. The zero-order valence-electron chi connectivity index (χ0n) is 12.3. The lowest BCUT2D eigenvalue weighted by molar-refractivity contribution is -0.136. The van der Waals surface area contributed by atoms with Crippen molar-refractivity contribution in [2.75, 3.05) is 0 Å². The van der Waals surface area contributed by atoms with Gasteiger partial charge in [-0.05, 0) is 6.07 Å². The monoisotopic (exact) mass is 353 g/mol. The summed E-state index contributed by atoms with van der Waals surface area (Å²) in [5.41, 5.74) is 4.86. The molecule has 0 fully saturated rings. The van der Waals surface area contributed by atoms with Gasteiger partial charge in [0.15, 0.2) is 0 Å². The number of carbonyl (C=O) groups is 1. The molecule has 0 spiro atoms. The summed E-state index contributed by atoms with van der Waals surface area (Å²) < 4.78 is 1.44. The highest BCUT2D eigenvalue weighted by Gasteiger charge is 2.42. The molecular formula is C14H16ClN5O2S. The van der Waals surface area contributed by atoms with E-state index in [0.717, 1.165) is 5.49 Å². The van der Waals surface area contributed by atoms with Gasteiger partial charge in [-0.1, -0.05) is 48.9 Å². The molecule has 23 heavy (non-hydrogen) atoms. The number of hydrogen-bond donors (Lipinski definition) is 3. The molecule has 3 N–H and O–H groups in total. The van der Waals surface area contributed by atoms with E-state index in [0.29, 0.717) is 10.6 Å². The third-order valence-electron chi connectivity index (χ3n) is 3.57. The summed E-state index contributed by atoms with van der Waals surface area (Å²) in [6.45, 7) is 1.61. The van der Waals surface area contributed by atoms with Crippen LogP contribution in [0.15, 0.2) is 36.9 Å². The first kappa shape index (κ1) is 17.3.